The second-order valence-corrected chi connectivity index (χ2v) is 7.16. The number of hydrogen-bond donors (Lipinski definition) is 0. The normalized spacial score (nSPS) is 17.6. The third kappa shape index (κ3) is 3.06. The number of aromatic nitrogens is 1. The Labute approximate surface area is 125 Å². The SMILES string of the molecule is CC(C)(C)OC(=O)N1CCC(C)(C)c2ccc(Cl)nc21. The highest BCUT2D eigenvalue weighted by Gasteiger charge is 2.36. The van der Waals surface area contributed by atoms with Gasteiger partial charge in [0.1, 0.15) is 16.6 Å². The zero-order chi connectivity index (χ0) is 15.1. The van der Waals surface area contributed by atoms with Crippen LogP contribution < -0.4 is 4.90 Å². The van der Waals surface area contributed by atoms with E-state index in [4.69, 9.17) is 16.3 Å². The van der Waals surface area contributed by atoms with Gasteiger partial charge in [-0.15, -0.1) is 0 Å². The average Bonchev–Trinajstić information content (AvgIpc) is 2.25. The van der Waals surface area contributed by atoms with Gasteiger partial charge in [-0.1, -0.05) is 31.5 Å². The Morgan fingerprint density at radius 1 is 1.40 bits per heavy atom. The van der Waals surface area contributed by atoms with Crippen LogP contribution in [0.5, 0.6) is 0 Å². The van der Waals surface area contributed by atoms with Crippen molar-refractivity contribution >= 4 is 23.5 Å². The van der Waals surface area contributed by atoms with Crippen molar-refractivity contribution in [2.24, 2.45) is 0 Å². The fraction of sp³-hybridized carbons (Fsp3) is 0.600. The third-order valence-corrected chi connectivity index (χ3v) is 3.61. The van der Waals surface area contributed by atoms with Gasteiger partial charge in [0.2, 0.25) is 0 Å². The number of carbonyl (C=O) groups excluding carboxylic acids is 1. The Bertz CT molecular complexity index is 535. The number of pyridine rings is 1. The maximum atomic E-state index is 12.3. The molecule has 1 aromatic heterocycles. The van der Waals surface area contributed by atoms with E-state index in [1.807, 2.05) is 26.8 Å². The molecule has 1 aliphatic rings. The maximum Gasteiger partial charge on any atom is 0.416 e. The molecule has 0 atom stereocenters. The predicted molar refractivity (Wildman–Crippen MR) is 80.5 cm³/mol. The van der Waals surface area contributed by atoms with Crippen molar-refractivity contribution in [1.82, 2.24) is 4.98 Å². The average molecular weight is 297 g/mol. The zero-order valence-electron chi connectivity index (χ0n) is 12.7. The van der Waals surface area contributed by atoms with E-state index in [2.05, 4.69) is 18.8 Å². The Hall–Kier alpha value is -1.29. The van der Waals surface area contributed by atoms with Crippen LogP contribution in [0.2, 0.25) is 5.15 Å². The van der Waals surface area contributed by atoms with E-state index in [1.54, 1.807) is 11.0 Å². The number of nitrogens with zero attached hydrogens (tertiary/aromatic N) is 2. The number of rotatable bonds is 0. The molecule has 0 unspecified atom stereocenters. The molecule has 2 rings (SSSR count). The molecule has 0 saturated carbocycles. The first-order valence-electron chi connectivity index (χ1n) is 6.78. The summed E-state index contributed by atoms with van der Waals surface area (Å²) in [6.07, 6.45) is 0.492. The van der Waals surface area contributed by atoms with E-state index in [9.17, 15) is 4.79 Å². The first-order valence-corrected chi connectivity index (χ1v) is 7.15. The lowest BCUT2D eigenvalue weighted by molar-refractivity contribution is 0.0573. The Morgan fingerprint density at radius 2 is 2.05 bits per heavy atom. The van der Waals surface area contributed by atoms with E-state index < -0.39 is 5.60 Å². The summed E-state index contributed by atoms with van der Waals surface area (Å²) < 4.78 is 5.45. The van der Waals surface area contributed by atoms with Crippen LogP contribution >= 0.6 is 11.6 Å². The summed E-state index contributed by atoms with van der Waals surface area (Å²) in [5.74, 6) is 0.614. The molecule has 0 aliphatic carbocycles. The van der Waals surface area contributed by atoms with Crippen LogP contribution in [0.4, 0.5) is 10.6 Å². The molecule has 2 heterocycles. The molecule has 0 N–H and O–H groups in total. The molecule has 1 amide bonds. The van der Waals surface area contributed by atoms with Crippen LogP contribution in [-0.4, -0.2) is 23.2 Å². The summed E-state index contributed by atoms with van der Waals surface area (Å²) >= 11 is 5.98. The van der Waals surface area contributed by atoms with Crippen LogP contribution in [0, 0.1) is 0 Å². The van der Waals surface area contributed by atoms with Gasteiger partial charge in [-0.05, 0) is 38.7 Å². The molecule has 20 heavy (non-hydrogen) atoms. The molecule has 0 bridgehead atoms. The molecule has 0 saturated heterocycles. The number of amides is 1. The Kier molecular flexibility index (Phi) is 3.71. The van der Waals surface area contributed by atoms with Crippen molar-refractivity contribution < 1.29 is 9.53 Å². The van der Waals surface area contributed by atoms with E-state index >= 15 is 0 Å². The number of anilines is 1. The molecular formula is C15H21ClN2O2. The minimum absolute atomic E-state index is 0.0224. The number of ether oxygens (including phenoxy) is 1. The zero-order valence-corrected chi connectivity index (χ0v) is 13.4. The fourth-order valence-electron chi connectivity index (χ4n) is 2.29. The van der Waals surface area contributed by atoms with Crippen molar-refractivity contribution in [2.75, 3.05) is 11.4 Å². The molecule has 1 aliphatic heterocycles. The van der Waals surface area contributed by atoms with E-state index in [-0.39, 0.29) is 11.5 Å². The molecule has 0 fully saturated rings. The first-order chi connectivity index (χ1) is 9.10. The highest BCUT2D eigenvalue weighted by molar-refractivity contribution is 6.29. The van der Waals surface area contributed by atoms with Gasteiger partial charge >= 0.3 is 6.09 Å². The summed E-state index contributed by atoms with van der Waals surface area (Å²) in [4.78, 5) is 18.2. The lowest BCUT2D eigenvalue weighted by Crippen LogP contribution is -2.44. The highest BCUT2D eigenvalue weighted by Crippen LogP contribution is 2.39. The molecule has 0 radical (unpaired) electrons. The van der Waals surface area contributed by atoms with E-state index in [1.165, 1.54) is 0 Å². The smallest absolute Gasteiger partial charge is 0.416 e. The van der Waals surface area contributed by atoms with Crippen molar-refractivity contribution in [1.29, 1.82) is 0 Å². The van der Waals surface area contributed by atoms with Crippen LogP contribution in [0.1, 0.15) is 46.6 Å². The minimum atomic E-state index is -0.525. The standard InChI is InChI=1S/C15H21ClN2O2/c1-14(2,3)20-13(19)18-9-8-15(4,5)10-6-7-11(16)17-12(10)18/h6-7H,8-9H2,1-5H3. The van der Waals surface area contributed by atoms with Gasteiger partial charge in [0.25, 0.3) is 0 Å². The number of halogens is 1. The first kappa shape index (κ1) is 15.1. The summed E-state index contributed by atoms with van der Waals surface area (Å²) in [7, 11) is 0. The summed E-state index contributed by atoms with van der Waals surface area (Å²) in [5, 5.41) is 0.384. The monoisotopic (exact) mass is 296 g/mol. The van der Waals surface area contributed by atoms with Crippen molar-refractivity contribution in [3.63, 3.8) is 0 Å². The summed E-state index contributed by atoms with van der Waals surface area (Å²) in [5.41, 5.74) is 0.479. The van der Waals surface area contributed by atoms with Crippen molar-refractivity contribution in [2.45, 2.75) is 52.1 Å². The molecule has 0 spiro atoms. The Balaban J connectivity index is 2.39. The van der Waals surface area contributed by atoms with Crippen LogP contribution in [0.25, 0.3) is 0 Å². The topological polar surface area (TPSA) is 42.4 Å². The Morgan fingerprint density at radius 3 is 2.65 bits per heavy atom. The minimum Gasteiger partial charge on any atom is -0.443 e. The van der Waals surface area contributed by atoms with Crippen LogP contribution in [0.3, 0.4) is 0 Å². The quantitative estimate of drug-likeness (QED) is 0.675. The second kappa shape index (κ2) is 4.92. The lowest BCUT2D eigenvalue weighted by atomic mass is 9.79. The predicted octanol–water partition coefficient (Wildman–Crippen LogP) is 4.16. The van der Waals surface area contributed by atoms with E-state index in [0.29, 0.717) is 17.5 Å². The molecule has 110 valence electrons. The van der Waals surface area contributed by atoms with Gasteiger partial charge in [-0.2, -0.15) is 0 Å². The lowest BCUT2D eigenvalue weighted by Gasteiger charge is -2.38. The van der Waals surface area contributed by atoms with Crippen LogP contribution in [-0.2, 0) is 10.2 Å². The fourth-order valence-corrected chi connectivity index (χ4v) is 2.43. The number of hydrogen-bond acceptors (Lipinski definition) is 3. The van der Waals surface area contributed by atoms with Gasteiger partial charge in [-0.25, -0.2) is 9.78 Å². The largest absolute Gasteiger partial charge is 0.443 e. The van der Waals surface area contributed by atoms with Gasteiger partial charge in [0, 0.05) is 12.1 Å². The van der Waals surface area contributed by atoms with Crippen molar-refractivity contribution in [3.8, 4) is 0 Å². The molecule has 4 nitrogen and oxygen atoms in total. The van der Waals surface area contributed by atoms with Gasteiger partial charge < -0.3 is 4.74 Å². The summed E-state index contributed by atoms with van der Waals surface area (Å²) in [6, 6.07) is 3.71. The summed E-state index contributed by atoms with van der Waals surface area (Å²) in [6.45, 7) is 10.4. The van der Waals surface area contributed by atoms with E-state index in [0.717, 1.165) is 12.0 Å². The van der Waals surface area contributed by atoms with Gasteiger partial charge in [0.15, 0.2) is 0 Å². The molecule has 0 aromatic carbocycles. The number of fused-ring (bicyclic) bond motifs is 1. The second-order valence-electron chi connectivity index (χ2n) is 6.77. The maximum absolute atomic E-state index is 12.3. The van der Waals surface area contributed by atoms with Gasteiger partial charge in [0.05, 0.1) is 0 Å². The third-order valence-electron chi connectivity index (χ3n) is 3.40. The van der Waals surface area contributed by atoms with Gasteiger partial charge in [-0.3, -0.25) is 4.90 Å². The molecule has 5 heteroatoms. The highest BCUT2D eigenvalue weighted by atomic mass is 35.5. The molecular weight excluding hydrogens is 276 g/mol. The number of carbonyl (C=O) groups is 1. The molecule has 1 aromatic rings. The van der Waals surface area contributed by atoms with Crippen molar-refractivity contribution in [3.05, 3.63) is 22.8 Å². The van der Waals surface area contributed by atoms with Crippen LogP contribution in [0.15, 0.2) is 12.1 Å².